The van der Waals surface area contributed by atoms with Gasteiger partial charge in [-0.15, -0.1) is 5.10 Å². The van der Waals surface area contributed by atoms with Crippen molar-refractivity contribution in [3.05, 3.63) is 46.0 Å². The molecule has 2 aromatic heterocycles. The first-order valence-electron chi connectivity index (χ1n) is 13.0. The average Bonchev–Trinajstić information content (AvgIpc) is 3.58. The van der Waals surface area contributed by atoms with Crippen molar-refractivity contribution in [2.24, 2.45) is 0 Å². The second kappa shape index (κ2) is 10.9. The van der Waals surface area contributed by atoms with Gasteiger partial charge in [0.1, 0.15) is 5.75 Å². The van der Waals surface area contributed by atoms with Crippen molar-refractivity contribution in [3.63, 3.8) is 0 Å². The van der Waals surface area contributed by atoms with Crippen LogP contribution in [0.25, 0.3) is 10.9 Å². The van der Waals surface area contributed by atoms with Crippen LogP contribution in [0.1, 0.15) is 81.8 Å². The van der Waals surface area contributed by atoms with E-state index in [1.54, 1.807) is 7.11 Å². The van der Waals surface area contributed by atoms with E-state index in [9.17, 15) is 4.79 Å². The molecule has 2 atom stereocenters. The number of aromatic nitrogens is 5. The van der Waals surface area contributed by atoms with E-state index in [2.05, 4.69) is 37.0 Å². The summed E-state index contributed by atoms with van der Waals surface area (Å²) in [4.78, 5) is 18.5. The van der Waals surface area contributed by atoms with Crippen LogP contribution in [0.5, 0.6) is 5.75 Å². The van der Waals surface area contributed by atoms with Crippen LogP contribution in [0, 0.1) is 0 Å². The summed E-state index contributed by atoms with van der Waals surface area (Å²) < 4.78 is 13.5. The largest absolute Gasteiger partial charge is 0.497 e. The highest BCUT2D eigenvalue weighted by Crippen LogP contribution is 2.33. The Morgan fingerprint density at radius 1 is 1.20 bits per heavy atom. The monoisotopic (exact) mass is 480 g/mol. The zero-order chi connectivity index (χ0) is 24.2. The van der Waals surface area contributed by atoms with Gasteiger partial charge in [0, 0.05) is 36.2 Å². The molecule has 2 aliphatic rings. The minimum absolute atomic E-state index is 0.00321. The first kappa shape index (κ1) is 23.9. The second-order valence-corrected chi connectivity index (χ2v) is 9.84. The van der Waals surface area contributed by atoms with E-state index >= 15 is 0 Å². The van der Waals surface area contributed by atoms with Crippen LogP contribution < -0.4 is 10.3 Å². The summed E-state index contributed by atoms with van der Waals surface area (Å²) in [6.45, 7) is 4.21. The molecule has 35 heavy (non-hydrogen) atoms. The average molecular weight is 481 g/mol. The summed E-state index contributed by atoms with van der Waals surface area (Å²) in [5, 5.41) is 14.0. The first-order valence-corrected chi connectivity index (χ1v) is 13.0. The maximum absolute atomic E-state index is 13.1. The molecule has 0 radical (unpaired) electrons. The Balaban J connectivity index is 1.48. The SMILES string of the molecule is CC[C@@H](c1nnnn1C1CCCCC1)N(Cc1cc2cc(OC)ccc2[nH]c1=O)C[C@@H]1CCCO1. The van der Waals surface area contributed by atoms with Gasteiger partial charge in [-0.25, -0.2) is 4.68 Å². The Bertz CT molecular complexity index is 1180. The van der Waals surface area contributed by atoms with Crippen molar-refractivity contribution in [1.29, 1.82) is 0 Å². The molecule has 5 rings (SSSR count). The van der Waals surface area contributed by atoms with Gasteiger partial charge in [-0.3, -0.25) is 9.69 Å². The molecule has 3 aromatic rings. The lowest BCUT2D eigenvalue weighted by molar-refractivity contribution is 0.0481. The van der Waals surface area contributed by atoms with Crippen LogP contribution in [0.3, 0.4) is 0 Å². The number of fused-ring (bicyclic) bond motifs is 1. The Morgan fingerprint density at radius 2 is 2.06 bits per heavy atom. The Morgan fingerprint density at radius 3 is 2.80 bits per heavy atom. The molecule has 3 heterocycles. The van der Waals surface area contributed by atoms with Gasteiger partial charge in [-0.1, -0.05) is 26.2 Å². The lowest BCUT2D eigenvalue weighted by Crippen LogP contribution is -2.38. The smallest absolute Gasteiger partial charge is 0.252 e. The summed E-state index contributed by atoms with van der Waals surface area (Å²) in [5.74, 6) is 1.67. The Labute approximate surface area is 205 Å². The molecule has 0 amide bonds. The van der Waals surface area contributed by atoms with Crippen molar-refractivity contribution in [2.45, 2.75) is 83.0 Å². The summed E-state index contributed by atoms with van der Waals surface area (Å²) in [6, 6.07) is 8.03. The molecule has 1 aliphatic heterocycles. The quantitative estimate of drug-likeness (QED) is 0.491. The molecule has 2 fully saturated rings. The molecule has 1 saturated carbocycles. The third-order valence-corrected chi connectivity index (χ3v) is 7.53. The predicted molar refractivity (Wildman–Crippen MR) is 133 cm³/mol. The number of nitrogens with zero attached hydrogens (tertiary/aromatic N) is 5. The van der Waals surface area contributed by atoms with Gasteiger partial charge in [0.15, 0.2) is 5.82 Å². The molecular weight excluding hydrogens is 444 g/mol. The molecule has 9 heteroatoms. The number of methoxy groups -OCH3 is 1. The zero-order valence-electron chi connectivity index (χ0n) is 20.8. The summed E-state index contributed by atoms with van der Waals surface area (Å²) in [6.07, 6.45) is 9.07. The summed E-state index contributed by atoms with van der Waals surface area (Å²) in [7, 11) is 1.65. The number of pyridine rings is 1. The first-order chi connectivity index (χ1) is 17.2. The van der Waals surface area contributed by atoms with Gasteiger partial charge in [0.25, 0.3) is 5.56 Å². The number of rotatable bonds is 9. The number of tetrazole rings is 1. The molecule has 1 N–H and O–H groups in total. The van der Waals surface area contributed by atoms with Gasteiger partial charge >= 0.3 is 0 Å². The summed E-state index contributed by atoms with van der Waals surface area (Å²) in [5.41, 5.74) is 1.46. The molecule has 0 bridgehead atoms. The van der Waals surface area contributed by atoms with Crippen molar-refractivity contribution in [2.75, 3.05) is 20.3 Å². The maximum Gasteiger partial charge on any atom is 0.252 e. The number of benzene rings is 1. The van der Waals surface area contributed by atoms with Crippen molar-refractivity contribution >= 4 is 10.9 Å². The molecular formula is C26H36N6O3. The lowest BCUT2D eigenvalue weighted by Gasteiger charge is -2.33. The number of hydrogen-bond donors (Lipinski definition) is 1. The maximum atomic E-state index is 13.1. The van der Waals surface area contributed by atoms with Gasteiger partial charge in [0.2, 0.25) is 0 Å². The molecule has 9 nitrogen and oxygen atoms in total. The minimum Gasteiger partial charge on any atom is -0.497 e. The van der Waals surface area contributed by atoms with Crippen LogP contribution in [0.15, 0.2) is 29.1 Å². The Hall–Kier alpha value is -2.78. The van der Waals surface area contributed by atoms with Crippen molar-refractivity contribution < 1.29 is 9.47 Å². The predicted octanol–water partition coefficient (Wildman–Crippen LogP) is 4.16. The highest BCUT2D eigenvalue weighted by Gasteiger charge is 2.31. The van der Waals surface area contributed by atoms with Crippen LogP contribution in [-0.4, -0.2) is 56.5 Å². The number of hydrogen-bond acceptors (Lipinski definition) is 7. The van der Waals surface area contributed by atoms with Gasteiger partial charge < -0.3 is 14.5 Å². The van der Waals surface area contributed by atoms with E-state index in [0.29, 0.717) is 12.6 Å². The van der Waals surface area contributed by atoms with Crippen molar-refractivity contribution in [1.82, 2.24) is 30.1 Å². The second-order valence-electron chi connectivity index (χ2n) is 9.84. The van der Waals surface area contributed by atoms with Gasteiger partial charge in [-0.2, -0.15) is 0 Å². The number of H-pyrrole nitrogens is 1. The normalized spacial score (nSPS) is 20.0. The highest BCUT2D eigenvalue weighted by molar-refractivity contribution is 5.80. The number of aromatic amines is 1. The molecule has 188 valence electrons. The fourth-order valence-electron chi connectivity index (χ4n) is 5.65. The topological polar surface area (TPSA) is 98.2 Å². The van der Waals surface area contributed by atoms with E-state index in [-0.39, 0.29) is 17.7 Å². The van der Waals surface area contributed by atoms with E-state index in [0.717, 1.165) is 73.3 Å². The van der Waals surface area contributed by atoms with Crippen LogP contribution in [0.2, 0.25) is 0 Å². The van der Waals surface area contributed by atoms with E-state index < -0.39 is 0 Å². The molecule has 1 aliphatic carbocycles. The fourth-order valence-corrected chi connectivity index (χ4v) is 5.65. The highest BCUT2D eigenvalue weighted by atomic mass is 16.5. The van der Waals surface area contributed by atoms with E-state index in [1.165, 1.54) is 19.3 Å². The van der Waals surface area contributed by atoms with Crippen LogP contribution >= 0.6 is 0 Å². The third-order valence-electron chi connectivity index (χ3n) is 7.53. The molecule has 1 aromatic carbocycles. The lowest BCUT2D eigenvalue weighted by atomic mass is 9.95. The van der Waals surface area contributed by atoms with Crippen LogP contribution in [-0.2, 0) is 11.3 Å². The standard InChI is InChI=1S/C26H36N6O3/c1-3-24(25-28-29-30-32(25)20-8-5-4-6-9-20)31(17-22-10-7-13-35-22)16-19-14-18-15-21(34-2)11-12-23(18)27-26(19)33/h11-12,14-15,20,22,24H,3-10,13,16-17H2,1-2H3,(H,27,33)/t22-,24-/m0/s1. The van der Waals surface area contributed by atoms with Gasteiger partial charge in [-0.05, 0) is 66.8 Å². The van der Waals surface area contributed by atoms with Crippen LogP contribution in [0.4, 0.5) is 0 Å². The van der Waals surface area contributed by atoms with E-state index in [4.69, 9.17) is 9.47 Å². The Kier molecular flexibility index (Phi) is 7.43. The number of nitrogens with one attached hydrogen (secondary N) is 1. The molecule has 0 spiro atoms. The molecule has 0 unspecified atom stereocenters. The number of ether oxygens (including phenoxy) is 2. The third kappa shape index (κ3) is 5.26. The minimum atomic E-state index is -0.0678. The van der Waals surface area contributed by atoms with E-state index in [1.807, 2.05) is 24.3 Å². The fraction of sp³-hybridized carbons (Fsp3) is 0.615. The van der Waals surface area contributed by atoms with Gasteiger partial charge in [0.05, 0.1) is 25.3 Å². The zero-order valence-corrected chi connectivity index (χ0v) is 20.8. The molecule has 1 saturated heterocycles. The summed E-state index contributed by atoms with van der Waals surface area (Å²) >= 11 is 0. The van der Waals surface area contributed by atoms with Crippen molar-refractivity contribution in [3.8, 4) is 5.75 Å².